The number of anilines is 1. The van der Waals surface area contributed by atoms with E-state index in [-0.39, 0.29) is 11.7 Å². The predicted octanol–water partition coefficient (Wildman–Crippen LogP) is 1.27. The lowest BCUT2D eigenvalue weighted by Gasteiger charge is -2.36. The molecule has 0 aliphatic carbocycles. The second kappa shape index (κ2) is 6.90. The molecule has 1 aliphatic rings. The number of hydrogen-bond acceptors (Lipinski definition) is 7. The summed E-state index contributed by atoms with van der Waals surface area (Å²) in [4.78, 5) is 33.8. The minimum Gasteiger partial charge on any atom is -0.356 e. The summed E-state index contributed by atoms with van der Waals surface area (Å²) in [6, 6.07) is 4.16. The normalized spacial score (nSPS) is 15.3. The van der Waals surface area contributed by atoms with E-state index in [4.69, 9.17) is 0 Å². The largest absolute Gasteiger partial charge is 0.356 e. The molecule has 3 aromatic rings. The highest BCUT2D eigenvalue weighted by Crippen LogP contribution is 2.21. The first kappa shape index (κ1) is 17.3. The molecule has 0 spiro atoms. The van der Waals surface area contributed by atoms with E-state index < -0.39 is 0 Å². The van der Waals surface area contributed by atoms with Crippen LogP contribution >= 0.6 is 0 Å². The van der Waals surface area contributed by atoms with Crippen molar-refractivity contribution in [1.29, 1.82) is 0 Å². The molecule has 0 atom stereocenters. The standard InChI is InChI=1S/C18H22N8O/c1-12-10-13(2)26-18(21-12)22-16(23-26)17(27)25-8-5-14(6-9-25)24(3)15-4-7-19-11-20-15/h4,7,10-11,14H,5-6,8-9H2,1-3H3. The molecule has 0 bridgehead atoms. The molecule has 140 valence electrons. The summed E-state index contributed by atoms with van der Waals surface area (Å²) in [5.74, 6) is 1.43. The van der Waals surface area contributed by atoms with Crippen LogP contribution in [0.4, 0.5) is 5.82 Å². The van der Waals surface area contributed by atoms with Gasteiger partial charge in [-0.25, -0.2) is 19.5 Å². The molecular formula is C18H22N8O. The van der Waals surface area contributed by atoms with Crippen LogP contribution < -0.4 is 4.90 Å². The highest BCUT2D eigenvalue weighted by molar-refractivity contribution is 5.91. The van der Waals surface area contributed by atoms with Gasteiger partial charge in [0, 0.05) is 43.8 Å². The van der Waals surface area contributed by atoms with Gasteiger partial charge in [0.05, 0.1) is 0 Å². The van der Waals surface area contributed by atoms with E-state index >= 15 is 0 Å². The van der Waals surface area contributed by atoms with Crippen molar-refractivity contribution >= 4 is 17.5 Å². The third-order valence-electron chi connectivity index (χ3n) is 5.04. The van der Waals surface area contributed by atoms with Crippen molar-refractivity contribution in [2.75, 3.05) is 25.0 Å². The van der Waals surface area contributed by atoms with Crippen molar-refractivity contribution in [2.45, 2.75) is 32.7 Å². The maximum atomic E-state index is 12.8. The zero-order chi connectivity index (χ0) is 19.0. The number of aromatic nitrogens is 6. The average Bonchev–Trinajstić information content (AvgIpc) is 3.12. The lowest BCUT2D eigenvalue weighted by atomic mass is 10.0. The van der Waals surface area contributed by atoms with Crippen LogP contribution in [0.15, 0.2) is 24.7 Å². The van der Waals surface area contributed by atoms with Crippen molar-refractivity contribution in [2.24, 2.45) is 0 Å². The Bertz CT molecular complexity index is 962. The van der Waals surface area contributed by atoms with E-state index in [9.17, 15) is 4.79 Å². The topological polar surface area (TPSA) is 92.4 Å². The Labute approximate surface area is 157 Å². The summed E-state index contributed by atoms with van der Waals surface area (Å²) < 4.78 is 1.62. The Kier molecular flexibility index (Phi) is 4.43. The van der Waals surface area contributed by atoms with Gasteiger partial charge < -0.3 is 9.80 Å². The second-order valence-corrected chi connectivity index (χ2v) is 6.89. The first-order valence-corrected chi connectivity index (χ1v) is 9.02. The lowest BCUT2D eigenvalue weighted by molar-refractivity contribution is 0.0701. The van der Waals surface area contributed by atoms with Gasteiger partial charge in [0.15, 0.2) is 0 Å². The number of amides is 1. The number of fused-ring (bicyclic) bond motifs is 1. The van der Waals surface area contributed by atoms with Crippen molar-refractivity contribution in [3.8, 4) is 0 Å². The molecule has 9 nitrogen and oxygen atoms in total. The summed E-state index contributed by atoms with van der Waals surface area (Å²) in [7, 11) is 2.03. The van der Waals surface area contributed by atoms with Crippen LogP contribution in [-0.2, 0) is 0 Å². The number of aryl methyl sites for hydroxylation is 2. The fraction of sp³-hybridized carbons (Fsp3) is 0.444. The number of likely N-dealkylation sites (tertiary alicyclic amines) is 1. The number of carbonyl (C=O) groups excluding carboxylic acids is 1. The molecular weight excluding hydrogens is 344 g/mol. The molecule has 0 aromatic carbocycles. The number of hydrogen-bond donors (Lipinski definition) is 0. The number of carbonyl (C=O) groups is 1. The highest BCUT2D eigenvalue weighted by atomic mass is 16.2. The maximum Gasteiger partial charge on any atom is 0.293 e. The molecule has 0 N–H and O–H groups in total. The Morgan fingerprint density at radius 3 is 2.70 bits per heavy atom. The van der Waals surface area contributed by atoms with E-state index in [0.29, 0.717) is 24.9 Å². The molecule has 4 rings (SSSR count). The van der Waals surface area contributed by atoms with Gasteiger partial charge in [-0.05, 0) is 38.8 Å². The number of nitrogens with zero attached hydrogens (tertiary/aromatic N) is 8. The summed E-state index contributed by atoms with van der Waals surface area (Å²) in [5, 5.41) is 4.35. The molecule has 1 amide bonds. The molecule has 3 aromatic heterocycles. The minimum atomic E-state index is -0.138. The van der Waals surface area contributed by atoms with Gasteiger partial charge in [-0.2, -0.15) is 4.98 Å². The molecule has 1 fully saturated rings. The maximum absolute atomic E-state index is 12.8. The van der Waals surface area contributed by atoms with Crippen LogP contribution in [0.25, 0.3) is 5.78 Å². The molecule has 9 heteroatoms. The van der Waals surface area contributed by atoms with Gasteiger partial charge in [-0.15, -0.1) is 5.10 Å². The summed E-state index contributed by atoms with van der Waals surface area (Å²) in [5.41, 5.74) is 1.77. The molecule has 0 radical (unpaired) electrons. The van der Waals surface area contributed by atoms with Crippen LogP contribution in [0.2, 0.25) is 0 Å². The molecule has 27 heavy (non-hydrogen) atoms. The first-order valence-electron chi connectivity index (χ1n) is 9.02. The fourth-order valence-corrected chi connectivity index (χ4v) is 3.53. The van der Waals surface area contributed by atoms with Crippen LogP contribution in [0.5, 0.6) is 0 Å². The van der Waals surface area contributed by atoms with Crippen molar-refractivity contribution in [3.05, 3.63) is 41.9 Å². The first-order chi connectivity index (χ1) is 13.0. The zero-order valence-electron chi connectivity index (χ0n) is 15.7. The van der Waals surface area contributed by atoms with Gasteiger partial charge in [0.1, 0.15) is 12.1 Å². The van der Waals surface area contributed by atoms with Gasteiger partial charge in [0.2, 0.25) is 5.82 Å². The molecule has 0 unspecified atom stereocenters. The Morgan fingerprint density at radius 2 is 2.00 bits per heavy atom. The Morgan fingerprint density at radius 1 is 1.22 bits per heavy atom. The van der Waals surface area contributed by atoms with E-state index in [1.54, 1.807) is 17.0 Å². The van der Waals surface area contributed by atoms with Gasteiger partial charge in [0.25, 0.3) is 11.7 Å². The molecule has 0 saturated carbocycles. The zero-order valence-corrected chi connectivity index (χ0v) is 15.7. The smallest absolute Gasteiger partial charge is 0.293 e. The van der Waals surface area contributed by atoms with Crippen LogP contribution in [-0.4, -0.2) is 66.5 Å². The van der Waals surface area contributed by atoms with Crippen molar-refractivity contribution in [1.82, 2.24) is 34.4 Å². The average molecular weight is 366 g/mol. The summed E-state index contributed by atoms with van der Waals surface area (Å²) in [6.07, 6.45) is 5.04. The Hall–Kier alpha value is -3.10. The predicted molar refractivity (Wildman–Crippen MR) is 99.6 cm³/mol. The van der Waals surface area contributed by atoms with E-state index in [0.717, 1.165) is 30.0 Å². The van der Waals surface area contributed by atoms with Gasteiger partial charge in [-0.3, -0.25) is 4.79 Å². The van der Waals surface area contributed by atoms with E-state index in [2.05, 4.69) is 29.9 Å². The third-order valence-corrected chi connectivity index (χ3v) is 5.04. The van der Waals surface area contributed by atoms with Gasteiger partial charge in [-0.1, -0.05) is 0 Å². The van der Waals surface area contributed by atoms with Crippen LogP contribution in [0.3, 0.4) is 0 Å². The number of rotatable bonds is 3. The van der Waals surface area contributed by atoms with Crippen molar-refractivity contribution < 1.29 is 4.79 Å². The van der Waals surface area contributed by atoms with E-state index in [1.165, 1.54) is 0 Å². The second-order valence-electron chi connectivity index (χ2n) is 6.89. The number of piperidine rings is 1. The lowest BCUT2D eigenvalue weighted by Crippen LogP contribution is -2.46. The quantitative estimate of drug-likeness (QED) is 0.689. The van der Waals surface area contributed by atoms with Crippen molar-refractivity contribution in [3.63, 3.8) is 0 Å². The monoisotopic (exact) mass is 366 g/mol. The SMILES string of the molecule is Cc1cc(C)n2nc(C(=O)N3CCC(N(C)c4ccncn4)CC3)nc2n1. The molecule has 1 saturated heterocycles. The van der Waals surface area contributed by atoms with Crippen LogP contribution in [0, 0.1) is 13.8 Å². The molecule has 4 heterocycles. The third kappa shape index (κ3) is 3.32. The summed E-state index contributed by atoms with van der Waals surface area (Å²) >= 11 is 0. The fourth-order valence-electron chi connectivity index (χ4n) is 3.53. The minimum absolute atomic E-state index is 0.138. The summed E-state index contributed by atoms with van der Waals surface area (Å²) in [6.45, 7) is 5.17. The van der Waals surface area contributed by atoms with Gasteiger partial charge >= 0.3 is 0 Å². The van der Waals surface area contributed by atoms with Crippen LogP contribution in [0.1, 0.15) is 34.8 Å². The van der Waals surface area contributed by atoms with E-state index in [1.807, 2.05) is 37.9 Å². The highest BCUT2D eigenvalue weighted by Gasteiger charge is 2.28. The Balaban J connectivity index is 1.45. The molecule has 1 aliphatic heterocycles.